The number of rotatable bonds is 9. The number of carbonyl (C=O) groups is 1. The van der Waals surface area contributed by atoms with E-state index in [1.165, 1.54) is 11.1 Å². The summed E-state index contributed by atoms with van der Waals surface area (Å²) in [5.74, 6) is 0.650. The van der Waals surface area contributed by atoms with Crippen molar-refractivity contribution in [2.75, 3.05) is 46.4 Å². The maximum Gasteiger partial charge on any atom is 0.251 e. The van der Waals surface area contributed by atoms with Crippen LogP contribution in [0.5, 0.6) is 5.75 Å². The summed E-state index contributed by atoms with van der Waals surface area (Å²) in [7, 11) is 1.61. The molecule has 0 atom stereocenters. The van der Waals surface area contributed by atoms with Crippen LogP contribution < -0.4 is 10.1 Å². The van der Waals surface area contributed by atoms with Gasteiger partial charge in [0.2, 0.25) is 0 Å². The maximum atomic E-state index is 12.4. The van der Waals surface area contributed by atoms with E-state index in [1.54, 1.807) is 13.2 Å². The third kappa shape index (κ3) is 7.97. The second kappa shape index (κ2) is 14.7. The molecule has 188 valence electrons. The van der Waals surface area contributed by atoms with Crippen LogP contribution in [0.2, 0.25) is 0 Å². The van der Waals surface area contributed by atoms with E-state index >= 15 is 0 Å². The molecule has 7 heteroatoms. The van der Waals surface area contributed by atoms with Gasteiger partial charge in [-0.3, -0.25) is 9.69 Å². The third-order valence-electron chi connectivity index (χ3n) is 6.27. The average molecular weight is 517 g/mol. The molecule has 0 aliphatic carbocycles. The van der Waals surface area contributed by atoms with Crippen LogP contribution in [0.15, 0.2) is 84.9 Å². The van der Waals surface area contributed by atoms with Crippen molar-refractivity contribution in [1.82, 2.24) is 15.1 Å². The first-order chi connectivity index (χ1) is 16.2. The first kappa shape index (κ1) is 28.7. The molecule has 1 aliphatic rings. The second-order valence-corrected chi connectivity index (χ2v) is 8.44. The fraction of sp³-hybridized carbons (Fsp3) is 0.321. The summed E-state index contributed by atoms with van der Waals surface area (Å²) in [6.07, 6.45) is 0.941. The standard InChI is InChI=1S/C28H33N3O2.2ClH/c1-33-26-15-8-14-25(22-26)28(32)29-16-9-17-30-18-20-31(21-19-30)27(23-10-4-2-5-11-23)24-12-6-3-7-13-24;;/h2-8,10-15,22,27H,9,16-21H2,1H3,(H,29,32);2*1H. The lowest BCUT2D eigenvalue weighted by Crippen LogP contribution is -2.48. The van der Waals surface area contributed by atoms with E-state index in [1.807, 2.05) is 18.2 Å². The zero-order chi connectivity index (χ0) is 22.9. The van der Waals surface area contributed by atoms with Crippen LogP contribution in [0.4, 0.5) is 0 Å². The minimum Gasteiger partial charge on any atom is -0.497 e. The summed E-state index contributed by atoms with van der Waals surface area (Å²) in [5, 5.41) is 3.03. The Morgan fingerprint density at radius 3 is 2.03 bits per heavy atom. The fourth-order valence-corrected chi connectivity index (χ4v) is 4.50. The van der Waals surface area contributed by atoms with Gasteiger partial charge in [-0.05, 0) is 42.3 Å². The van der Waals surface area contributed by atoms with E-state index in [2.05, 4.69) is 75.8 Å². The molecule has 4 rings (SSSR count). The van der Waals surface area contributed by atoms with Gasteiger partial charge >= 0.3 is 0 Å². The van der Waals surface area contributed by atoms with Gasteiger partial charge in [-0.15, -0.1) is 24.8 Å². The second-order valence-electron chi connectivity index (χ2n) is 8.44. The van der Waals surface area contributed by atoms with Gasteiger partial charge in [0.1, 0.15) is 5.75 Å². The first-order valence-electron chi connectivity index (χ1n) is 11.7. The van der Waals surface area contributed by atoms with Crippen molar-refractivity contribution in [3.63, 3.8) is 0 Å². The number of amides is 1. The Kier molecular flexibility index (Phi) is 12.1. The number of methoxy groups -OCH3 is 1. The van der Waals surface area contributed by atoms with Crippen molar-refractivity contribution in [2.24, 2.45) is 0 Å². The largest absolute Gasteiger partial charge is 0.497 e. The molecular formula is C28H35Cl2N3O2. The number of halogens is 2. The van der Waals surface area contributed by atoms with Gasteiger partial charge in [-0.25, -0.2) is 0 Å². The van der Waals surface area contributed by atoms with Crippen molar-refractivity contribution in [3.05, 3.63) is 102 Å². The van der Waals surface area contributed by atoms with Gasteiger partial charge in [0.25, 0.3) is 5.91 Å². The molecule has 1 aliphatic heterocycles. The Morgan fingerprint density at radius 1 is 0.857 bits per heavy atom. The highest BCUT2D eigenvalue weighted by molar-refractivity contribution is 5.94. The van der Waals surface area contributed by atoms with Gasteiger partial charge in [0.15, 0.2) is 0 Å². The van der Waals surface area contributed by atoms with E-state index in [0.717, 1.165) is 39.1 Å². The molecule has 0 bridgehead atoms. The van der Waals surface area contributed by atoms with E-state index in [9.17, 15) is 4.79 Å². The maximum absolute atomic E-state index is 12.4. The minimum absolute atomic E-state index is 0. The Morgan fingerprint density at radius 2 is 1.46 bits per heavy atom. The molecule has 3 aromatic carbocycles. The summed E-state index contributed by atoms with van der Waals surface area (Å²) in [6.45, 7) is 5.82. The number of nitrogens with one attached hydrogen (secondary N) is 1. The molecule has 0 radical (unpaired) electrons. The molecular weight excluding hydrogens is 481 g/mol. The minimum atomic E-state index is -0.0488. The number of hydrogen-bond acceptors (Lipinski definition) is 4. The topological polar surface area (TPSA) is 44.8 Å². The molecule has 35 heavy (non-hydrogen) atoms. The smallest absolute Gasteiger partial charge is 0.251 e. The normalized spacial score (nSPS) is 14.0. The number of carbonyl (C=O) groups excluding carboxylic acids is 1. The molecule has 1 saturated heterocycles. The molecule has 0 saturated carbocycles. The van der Waals surface area contributed by atoms with E-state index in [-0.39, 0.29) is 36.8 Å². The summed E-state index contributed by atoms with van der Waals surface area (Å²) in [6, 6.07) is 29.1. The SMILES string of the molecule is COc1cccc(C(=O)NCCCN2CCN(C(c3ccccc3)c3ccccc3)CC2)c1.Cl.Cl. The number of benzene rings is 3. The lowest BCUT2D eigenvalue weighted by atomic mass is 9.96. The summed E-state index contributed by atoms with van der Waals surface area (Å²) >= 11 is 0. The molecule has 1 fully saturated rings. The highest BCUT2D eigenvalue weighted by Gasteiger charge is 2.26. The molecule has 1 amide bonds. The molecule has 5 nitrogen and oxygen atoms in total. The van der Waals surface area contributed by atoms with Crippen LogP contribution >= 0.6 is 24.8 Å². The van der Waals surface area contributed by atoms with Gasteiger partial charge in [0, 0.05) is 38.3 Å². The van der Waals surface area contributed by atoms with Crippen molar-refractivity contribution in [3.8, 4) is 5.75 Å². The van der Waals surface area contributed by atoms with E-state index in [0.29, 0.717) is 17.9 Å². The number of ether oxygens (including phenoxy) is 1. The molecule has 3 aromatic rings. The Hall–Kier alpha value is -2.57. The first-order valence-corrected chi connectivity index (χ1v) is 11.7. The summed E-state index contributed by atoms with van der Waals surface area (Å²) < 4.78 is 5.20. The summed E-state index contributed by atoms with van der Waals surface area (Å²) in [5.41, 5.74) is 3.32. The monoisotopic (exact) mass is 515 g/mol. The molecule has 0 aromatic heterocycles. The van der Waals surface area contributed by atoms with Gasteiger partial charge < -0.3 is 15.0 Å². The van der Waals surface area contributed by atoms with Crippen LogP contribution in [-0.4, -0.2) is 62.1 Å². The molecule has 1 heterocycles. The summed E-state index contributed by atoms with van der Waals surface area (Å²) in [4.78, 5) is 17.5. The predicted octanol–water partition coefficient (Wildman–Crippen LogP) is 5.07. The van der Waals surface area contributed by atoms with Crippen LogP contribution in [-0.2, 0) is 0 Å². The lowest BCUT2D eigenvalue weighted by Gasteiger charge is -2.39. The molecule has 0 unspecified atom stereocenters. The highest BCUT2D eigenvalue weighted by Crippen LogP contribution is 2.29. The van der Waals surface area contributed by atoms with E-state index in [4.69, 9.17) is 4.74 Å². The van der Waals surface area contributed by atoms with Crippen LogP contribution in [0.1, 0.15) is 33.9 Å². The van der Waals surface area contributed by atoms with Gasteiger partial charge in [0.05, 0.1) is 13.2 Å². The highest BCUT2D eigenvalue weighted by atomic mass is 35.5. The van der Waals surface area contributed by atoms with Crippen LogP contribution in [0, 0.1) is 0 Å². The van der Waals surface area contributed by atoms with E-state index < -0.39 is 0 Å². The Bertz CT molecular complexity index is 973. The zero-order valence-electron chi connectivity index (χ0n) is 20.1. The lowest BCUT2D eigenvalue weighted by molar-refractivity contribution is 0.0941. The van der Waals surface area contributed by atoms with Crippen LogP contribution in [0.25, 0.3) is 0 Å². The van der Waals surface area contributed by atoms with Gasteiger partial charge in [-0.1, -0.05) is 66.7 Å². The predicted molar refractivity (Wildman–Crippen MR) is 147 cm³/mol. The van der Waals surface area contributed by atoms with Crippen molar-refractivity contribution in [1.29, 1.82) is 0 Å². The Balaban J connectivity index is 0.00000216. The fourth-order valence-electron chi connectivity index (χ4n) is 4.50. The van der Waals surface area contributed by atoms with Crippen molar-refractivity contribution < 1.29 is 9.53 Å². The van der Waals surface area contributed by atoms with Crippen molar-refractivity contribution >= 4 is 30.7 Å². The van der Waals surface area contributed by atoms with Gasteiger partial charge in [-0.2, -0.15) is 0 Å². The molecule has 1 N–H and O–H groups in total. The number of piperazine rings is 1. The number of nitrogens with zero attached hydrogens (tertiary/aromatic N) is 2. The zero-order valence-corrected chi connectivity index (χ0v) is 21.8. The Labute approximate surface area is 221 Å². The average Bonchev–Trinajstić information content (AvgIpc) is 2.89. The molecule has 0 spiro atoms. The van der Waals surface area contributed by atoms with Crippen molar-refractivity contribution in [2.45, 2.75) is 12.5 Å². The quantitative estimate of drug-likeness (QED) is 0.404. The number of hydrogen-bond donors (Lipinski definition) is 1. The third-order valence-corrected chi connectivity index (χ3v) is 6.27. The van der Waals surface area contributed by atoms with Crippen LogP contribution in [0.3, 0.4) is 0 Å².